The first kappa shape index (κ1) is 23.4. The van der Waals surface area contributed by atoms with Crippen LogP contribution >= 0.6 is 11.3 Å². The number of nitrogens with zero attached hydrogens (tertiary/aromatic N) is 2. The van der Waals surface area contributed by atoms with Crippen LogP contribution in [0.25, 0.3) is 0 Å². The molecule has 0 aliphatic rings. The molecule has 32 heavy (non-hydrogen) atoms. The average Bonchev–Trinajstić information content (AvgIpc) is 3.24. The number of benzene rings is 2. The van der Waals surface area contributed by atoms with E-state index < -0.39 is 15.9 Å². The maximum atomic E-state index is 12.8. The minimum Gasteiger partial charge on any atom is -0.345 e. The van der Waals surface area contributed by atoms with Crippen molar-refractivity contribution in [3.8, 4) is 0 Å². The van der Waals surface area contributed by atoms with Gasteiger partial charge in [-0.25, -0.2) is 0 Å². The topological polar surface area (TPSA) is 130 Å². The number of amides is 2. The summed E-state index contributed by atoms with van der Waals surface area (Å²) < 4.78 is 27.7. The minimum atomic E-state index is -4.12. The van der Waals surface area contributed by atoms with Crippen molar-refractivity contribution in [1.82, 2.24) is 15.5 Å². The Balaban J connectivity index is 1.77. The van der Waals surface area contributed by atoms with Crippen LogP contribution in [0.4, 0.5) is 10.8 Å². The van der Waals surface area contributed by atoms with Crippen LogP contribution in [0.1, 0.15) is 42.7 Å². The fraction of sp³-hybridized carbons (Fsp3) is 0.238. The van der Waals surface area contributed by atoms with Gasteiger partial charge in [0.1, 0.15) is 0 Å². The summed E-state index contributed by atoms with van der Waals surface area (Å²) in [4.78, 5) is 24.6. The number of hydrogen-bond donors (Lipinski definition) is 3. The Bertz CT molecular complexity index is 1210. The number of aromatic nitrogens is 2. The number of para-hydroxylation sites is 1. The van der Waals surface area contributed by atoms with Gasteiger partial charge in [0, 0.05) is 5.92 Å². The van der Waals surface area contributed by atoms with Gasteiger partial charge in [-0.05, 0) is 24.6 Å². The zero-order valence-corrected chi connectivity index (χ0v) is 19.3. The molecule has 11 heteroatoms. The third-order valence-corrected chi connectivity index (χ3v) is 7.03. The first-order valence-corrected chi connectivity index (χ1v) is 12.1. The molecule has 0 aliphatic carbocycles. The van der Waals surface area contributed by atoms with E-state index >= 15 is 0 Å². The zero-order valence-electron chi connectivity index (χ0n) is 17.7. The Morgan fingerprint density at radius 3 is 2.28 bits per heavy atom. The highest BCUT2D eigenvalue weighted by Gasteiger charge is 2.24. The van der Waals surface area contributed by atoms with Crippen LogP contribution < -0.4 is 15.4 Å². The average molecular weight is 474 g/mol. The Labute approximate surface area is 190 Å². The van der Waals surface area contributed by atoms with E-state index in [1.807, 2.05) is 37.3 Å². The number of carbonyl (C=O) groups excluding carboxylic acids is 2. The summed E-state index contributed by atoms with van der Waals surface area (Å²) >= 11 is 0.722. The molecule has 2 aromatic carbocycles. The monoisotopic (exact) mass is 473 g/mol. The second-order valence-electron chi connectivity index (χ2n) is 7.27. The SMILES string of the molecule is CC(C)C(=O)Nc1nnc(S(=O)(=O)Nc2ccccc2C(=O)NC(C)c2ccccc2)s1. The molecule has 0 bridgehead atoms. The molecule has 3 aromatic rings. The molecular formula is C21H23N5O4S2. The second kappa shape index (κ2) is 9.88. The third kappa shape index (κ3) is 5.68. The Morgan fingerprint density at radius 1 is 0.938 bits per heavy atom. The smallest absolute Gasteiger partial charge is 0.291 e. The molecule has 1 heterocycles. The van der Waals surface area contributed by atoms with Crippen molar-refractivity contribution in [2.75, 3.05) is 10.0 Å². The van der Waals surface area contributed by atoms with E-state index in [4.69, 9.17) is 0 Å². The molecule has 1 aromatic heterocycles. The van der Waals surface area contributed by atoms with Gasteiger partial charge in [-0.3, -0.25) is 14.3 Å². The first-order valence-electron chi connectivity index (χ1n) is 9.79. The highest BCUT2D eigenvalue weighted by molar-refractivity contribution is 7.94. The Kier molecular flexibility index (Phi) is 7.21. The van der Waals surface area contributed by atoms with Gasteiger partial charge in [0.05, 0.1) is 17.3 Å². The van der Waals surface area contributed by atoms with Crippen LogP contribution in [0, 0.1) is 5.92 Å². The maximum Gasteiger partial charge on any atom is 0.291 e. The lowest BCUT2D eigenvalue weighted by Crippen LogP contribution is -2.28. The summed E-state index contributed by atoms with van der Waals surface area (Å²) in [5.41, 5.74) is 1.19. The molecule has 0 radical (unpaired) electrons. The number of hydrogen-bond acceptors (Lipinski definition) is 7. The summed E-state index contributed by atoms with van der Waals surface area (Å²) in [6.45, 7) is 5.25. The highest BCUT2D eigenvalue weighted by Crippen LogP contribution is 2.25. The molecule has 168 valence electrons. The normalized spacial score (nSPS) is 12.2. The van der Waals surface area contributed by atoms with E-state index in [1.54, 1.807) is 26.0 Å². The van der Waals surface area contributed by atoms with Crippen LogP contribution in [0.3, 0.4) is 0 Å². The largest absolute Gasteiger partial charge is 0.345 e. The molecule has 0 fully saturated rings. The minimum absolute atomic E-state index is 0.0757. The van der Waals surface area contributed by atoms with Crippen LogP contribution in [0.2, 0.25) is 0 Å². The van der Waals surface area contributed by atoms with E-state index in [2.05, 4.69) is 25.6 Å². The molecule has 1 atom stereocenters. The van der Waals surface area contributed by atoms with Crippen molar-refractivity contribution in [3.63, 3.8) is 0 Å². The summed E-state index contributed by atoms with van der Waals surface area (Å²) in [6, 6.07) is 15.4. The van der Waals surface area contributed by atoms with E-state index in [-0.39, 0.29) is 38.6 Å². The van der Waals surface area contributed by atoms with Crippen LogP contribution in [0.15, 0.2) is 58.9 Å². The molecular weight excluding hydrogens is 450 g/mol. The van der Waals surface area contributed by atoms with E-state index in [0.29, 0.717) is 0 Å². The van der Waals surface area contributed by atoms with Crippen LogP contribution in [-0.2, 0) is 14.8 Å². The van der Waals surface area contributed by atoms with E-state index in [0.717, 1.165) is 16.9 Å². The van der Waals surface area contributed by atoms with Crippen LogP contribution in [0.5, 0.6) is 0 Å². The van der Waals surface area contributed by atoms with Crippen molar-refractivity contribution < 1.29 is 18.0 Å². The molecule has 0 saturated heterocycles. The standard InChI is InChI=1S/C21H23N5O4S2/c1-13(2)18(27)23-20-24-25-21(31-20)32(29,30)26-17-12-8-7-11-16(17)19(28)22-14(3)15-9-5-4-6-10-15/h4-14,26H,1-3H3,(H,22,28)(H,23,24,27). The van der Waals surface area contributed by atoms with Crippen molar-refractivity contribution in [1.29, 1.82) is 0 Å². The lowest BCUT2D eigenvalue weighted by Gasteiger charge is -2.16. The summed E-state index contributed by atoms with van der Waals surface area (Å²) in [5.74, 6) is -1.02. The third-order valence-electron chi connectivity index (χ3n) is 4.45. The zero-order chi connectivity index (χ0) is 23.3. The van der Waals surface area contributed by atoms with Gasteiger partial charge >= 0.3 is 0 Å². The quantitative estimate of drug-likeness (QED) is 0.430. The molecule has 1 unspecified atom stereocenters. The van der Waals surface area contributed by atoms with E-state index in [9.17, 15) is 18.0 Å². The van der Waals surface area contributed by atoms with Gasteiger partial charge < -0.3 is 10.6 Å². The van der Waals surface area contributed by atoms with Gasteiger partial charge in [-0.15, -0.1) is 10.2 Å². The number of sulfonamides is 1. The summed E-state index contributed by atoms with van der Waals surface area (Å²) in [7, 11) is -4.12. The second-order valence-corrected chi connectivity index (χ2v) is 10.1. The van der Waals surface area contributed by atoms with Gasteiger partial charge in [-0.2, -0.15) is 8.42 Å². The molecule has 0 aliphatic heterocycles. The summed E-state index contributed by atoms with van der Waals surface area (Å²) in [6.07, 6.45) is 0. The Hall–Kier alpha value is -3.31. The lowest BCUT2D eigenvalue weighted by molar-refractivity contribution is -0.118. The number of anilines is 2. The number of nitrogens with one attached hydrogen (secondary N) is 3. The Morgan fingerprint density at radius 2 is 1.59 bits per heavy atom. The molecule has 9 nitrogen and oxygen atoms in total. The fourth-order valence-corrected chi connectivity index (χ4v) is 4.66. The number of carbonyl (C=O) groups is 2. The van der Waals surface area contributed by atoms with Crippen molar-refractivity contribution in [2.24, 2.45) is 5.92 Å². The fourth-order valence-electron chi connectivity index (χ4n) is 2.68. The van der Waals surface area contributed by atoms with Crippen molar-refractivity contribution in [2.45, 2.75) is 31.2 Å². The van der Waals surface area contributed by atoms with Gasteiger partial charge in [-0.1, -0.05) is 67.6 Å². The summed E-state index contributed by atoms with van der Waals surface area (Å²) in [5, 5.41) is 12.8. The van der Waals surface area contributed by atoms with Gasteiger partial charge in [0.2, 0.25) is 11.0 Å². The molecule has 3 N–H and O–H groups in total. The first-order chi connectivity index (χ1) is 15.2. The molecule has 0 spiro atoms. The predicted molar refractivity (Wildman–Crippen MR) is 123 cm³/mol. The molecule has 3 rings (SSSR count). The van der Waals surface area contributed by atoms with Crippen LogP contribution in [-0.4, -0.2) is 30.4 Å². The van der Waals surface area contributed by atoms with Gasteiger partial charge in [0.25, 0.3) is 20.3 Å². The van der Waals surface area contributed by atoms with Crippen molar-refractivity contribution in [3.05, 3.63) is 65.7 Å². The molecule has 2 amide bonds. The van der Waals surface area contributed by atoms with Crippen molar-refractivity contribution >= 4 is 44.0 Å². The van der Waals surface area contributed by atoms with Gasteiger partial charge in [0.15, 0.2) is 0 Å². The lowest BCUT2D eigenvalue weighted by atomic mass is 10.1. The van der Waals surface area contributed by atoms with E-state index in [1.165, 1.54) is 12.1 Å². The maximum absolute atomic E-state index is 12.8. The number of rotatable bonds is 8. The highest BCUT2D eigenvalue weighted by atomic mass is 32.2. The molecule has 0 saturated carbocycles. The predicted octanol–water partition coefficient (Wildman–Crippen LogP) is 3.42.